The van der Waals surface area contributed by atoms with Crippen LogP contribution in [0.2, 0.25) is 0 Å². The molecule has 1 heterocycles. The maximum atomic E-state index is 12.9. The lowest BCUT2D eigenvalue weighted by Gasteiger charge is -2.36. The molecule has 1 aliphatic rings. The van der Waals surface area contributed by atoms with Crippen LogP contribution in [-0.4, -0.2) is 49.6 Å². The van der Waals surface area contributed by atoms with Crippen molar-refractivity contribution >= 4 is 11.8 Å². The molecule has 0 unspecified atom stereocenters. The van der Waals surface area contributed by atoms with Crippen molar-refractivity contribution < 1.29 is 19.1 Å². The maximum Gasteiger partial charge on any atom is 0.255 e. The van der Waals surface area contributed by atoms with E-state index in [1.807, 2.05) is 4.90 Å². The molecular formula is C18H26N2O4. The van der Waals surface area contributed by atoms with Crippen molar-refractivity contribution in [2.75, 3.05) is 26.9 Å². The van der Waals surface area contributed by atoms with Gasteiger partial charge >= 0.3 is 0 Å². The van der Waals surface area contributed by atoms with Gasteiger partial charge in [0.2, 0.25) is 0 Å². The van der Waals surface area contributed by atoms with Crippen molar-refractivity contribution in [3.63, 3.8) is 0 Å². The first-order valence-electron chi connectivity index (χ1n) is 8.43. The normalized spacial score (nSPS) is 17.5. The fourth-order valence-corrected chi connectivity index (χ4v) is 3.07. The van der Waals surface area contributed by atoms with E-state index in [9.17, 15) is 9.59 Å². The Morgan fingerprint density at radius 3 is 2.92 bits per heavy atom. The Labute approximate surface area is 142 Å². The minimum absolute atomic E-state index is 0.0154. The number of hydrogen-bond donors (Lipinski definition) is 1. The van der Waals surface area contributed by atoms with Crippen LogP contribution in [0, 0.1) is 0 Å². The van der Waals surface area contributed by atoms with E-state index in [1.165, 1.54) is 0 Å². The summed E-state index contributed by atoms with van der Waals surface area (Å²) in [6, 6.07) is 7.18. The van der Waals surface area contributed by atoms with E-state index in [-0.39, 0.29) is 18.6 Å². The van der Waals surface area contributed by atoms with E-state index in [0.717, 1.165) is 45.3 Å². The Bertz CT molecular complexity index is 562. The zero-order valence-electron chi connectivity index (χ0n) is 14.2. The molecule has 1 aromatic carbocycles. The smallest absolute Gasteiger partial charge is 0.255 e. The van der Waals surface area contributed by atoms with Gasteiger partial charge in [-0.3, -0.25) is 9.59 Å². The van der Waals surface area contributed by atoms with E-state index in [1.54, 1.807) is 31.4 Å². The minimum Gasteiger partial charge on any atom is -0.484 e. The summed E-state index contributed by atoms with van der Waals surface area (Å²) in [5.74, 6) is -0.0461. The van der Waals surface area contributed by atoms with Gasteiger partial charge in [-0.15, -0.1) is 0 Å². The van der Waals surface area contributed by atoms with Gasteiger partial charge in [-0.05, 0) is 50.3 Å². The number of primary amides is 1. The SMILES string of the molecule is COCCC[C@@H]1CCCCN1C(=O)c1cccc(OCC(N)=O)c1. The van der Waals surface area contributed by atoms with Crippen molar-refractivity contribution in [1.29, 1.82) is 0 Å². The number of carbonyl (C=O) groups is 2. The standard InChI is InChI=1S/C18H26N2O4/c1-23-11-5-8-15-7-2-3-10-20(15)18(22)14-6-4-9-16(12-14)24-13-17(19)21/h4,6,9,12,15H,2-3,5,7-8,10-11,13H2,1H3,(H2,19,21)/t15-/m0/s1. The molecule has 0 bridgehead atoms. The molecule has 1 atom stereocenters. The van der Waals surface area contributed by atoms with Crippen LogP contribution in [0.5, 0.6) is 5.75 Å². The first-order valence-corrected chi connectivity index (χ1v) is 8.43. The van der Waals surface area contributed by atoms with E-state index >= 15 is 0 Å². The molecule has 2 N–H and O–H groups in total. The predicted octanol–water partition coefficient (Wildman–Crippen LogP) is 1.97. The average molecular weight is 334 g/mol. The van der Waals surface area contributed by atoms with Gasteiger partial charge in [0, 0.05) is 31.9 Å². The lowest BCUT2D eigenvalue weighted by atomic mass is 9.97. The highest BCUT2D eigenvalue weighted by Gasteiger charge is 2.27. The van der Waals surface area contributed by atoms with Crippen molar-refractivity contribution in [3.8, 4) is 5.75 Å². The fraction of sp³-hybridized carbons (Fsp3) is 0.556. The number of likely N-dealkylation sites (tertiary alicyclic amines) is 1. The van der Waals surface area contributed by atoms with Crippen molar-refractivity contribution in [3.05, 3.63) is 29.8 Å². The molecule has 0 aromatic heterocycles. The fourth-order valence-electron chi connectivity index (χ4n) is 3.07. The van der Waals surface area contributed by atoms with E-state index in [2.05, 4.69) is 0 Å². The number of benzene rings is 1. The molecule has 1 aromatic rings. The molecule has 0 aliphatic carbocycles. The average Bonchev–Trinajstić information content (AvgIpc) is 2.60. The molecule has 2 amide bonds. The number of carbonyl (C=O) groups excluding carboxylic acids is 2. The van der Waals surface area contributed by atoms with E-state index in [4.69, 9.17) is 15.2 Å². The van der Waals surface area contributed by atoms with Crippen LogP contribution < -0.4 is 10.5 Å². The minimum atomic E-state index is -0.541. The molecule has 2 rings (SSSR count). The van der Waals surface area contributed by atoms with Gasteiger partial charge in [0.15, 0.2) is 6.61 Å². The highest BCUT2D eigenvalue weighted by Crippen LogP contribution is 2.24. The molecule has 1 fully saturated rings. The Hall–Kier alpha value is -2.08. The Morgan fingerprint density at radius 2 is 2.17 bits per heavy atom. The summed E-state index contributed by atoms with van der Waals surface area (Å²) in [4.78, 5) is 25.7. The number of methoxy groups -OCH3 is 1. The molecule has 0 spiro atoms. The van der Waals surface area contributed by atoms with Crippen LogP contribution >= 0.6 is 0 Å². The van der Waals surface area contributed by atoms with Crippen LogP contribution in [0.3, 0.4) is 0 Å². The number of ether oxygens (including phenoxy) is 2. The highest BCUT2D eigenvalue weighted by atomic mass is 16.5. The summed E-state index contributed by atoms with van der Waals surface area (Å²) in [5, 5.41) is 0. The van der Waals surface area contributed by atoms with Gasteiger partial charge in [-0.1, -0.05) is 6.07 Å². The van der Waals surface area contributed by atoms with Crippen LogP contribution in [-0.2, 0) is 9.53 Å². The molecule has 0 radical (unpaired) electrons. The largest absolute Gasteiger partial charge is 0.484 e. The second-order valence-electron chi connectivity index (χ2n) is 6.07. The summed E-state index contributed by atoms with van der Waals surface area (Å²) in [6.45, 7) is 1.30. The number of rotatable bonds is 8. The molecule has 1 saturated heterocycles. The van der Waals surface area contributed by atoms with Gasteiger partial charge < -0.3 is 20.1 Å². The molecule has 132 valence electrons. The highest BCUT2D eigenvalue weighted by molar-refractivity contribution is 5.95. The number of nitrogens with two attached hydrogens (primary N) is 1. The zero-order chi connectivity index (χ0) is 17.4. The van der Waals surface area contributed by atoms with Gasteiger partial charge in [0.05, 0.1) is 0 Å². The zero-order valence-corrected chi connectivity index (χ0v) is 14.2. The molecule has 6 heteroatoms. The van der Waals surface area contributed by atoms with E-state index in [0.29, 0.717) is 11.3 Å². The number of piperidine rings is 1. The first-order chi connectivity index (χ1) is 11.6. The van der Waals surface area contributed by atoms with E-state index < -0.39 is 5.91 Å². The third-order valence-electron chi connectivity index (χ3n) is 4.24. The lowest BCUT2D eigenvalue weighted by Crippen LogP contribution is -2.43. The van der Waals surface area contributed by atoms with Crippen molar-refractivity contribution in [1.82, 2.24) is 4.90 Å². The predicted molar refractivity (Wildman–Crippen MR) is 90.9 cm³/mol. The van der Waals surface area contributed by atoms with Crippen LogP contribution in [0.1, 0.15) is 42.5 Å². The van der Waals surface area contributed by atoms with Crippen LogP contribution in [0.15, 0.2) is 24.3 Å². The van der Waals surface area contributed by atoms with Gasteiger partial charge in [-0.2, -0.15) is 0 Å². The molecule has 6 nitrogen and oxygen atoms in total. The monoisotopic (exact) mass is 334 g/mol. The van der Waals surface area contributed by atoms with Crippen molar-refractivity contribution in [2.24, 2.45) is 5.73 Å². The summed E-state index contributed by atoms with van der Waals surface area (Å²) in [6.07, 6.45) is 5.13. The maximum absolute atomic E-state index is 12.9. The third-order valence-corrected chi connectivity index (χ3v) is 4.24. The Kier molecular flexibility index (Phi) is 7.06. The number of hydrogen-bond acceptors (Lipinski definition) is 4. The molecular weight excluding hydrogens is 308 g/mol. The molecule has 0 saturated carbocycles. The van der Waals surface area contributed by atoms with Gasteiger partial charge in [0.1, 0.15) is 5.75 Å². The lowest BCUT2D eigenvalue weighted by molar-refractivity contribution is -0.119. The topological polar surface area (TPSA) is 81.9 Å². The van der Waals surface area contributed by atoms with Gasteiger partial charge in [0.25, 0.3) is 11.8 Å². The second kappa shape index (κ2) is 9.27. The quantitative estimate of drug-likeness (QED) is 0.737. The third kappa shape index (κ3) is 5.23. The van der Waals surface area contributed by atoms with Crippen molar-refractivity contribution in [2.45, 2.75) is 38.1 Å². The molecule has 1 aliphatic heterocycles. The summed E-state index contributed by atoms with van der Waals surface area (Å²) < 4.78 is 10.4. The Balaban J connectivity index is 2.04. The molecule has 24 heavy (non-hydrogen) atoms. The second-order valence-corrected chi connectivity index (χ2v) is 6.07. The summed E-state index contributed by atoms with van der Waals surface area (Å²) >= 11 is 0. The Morgan fingerprint density at radius 1 is 1.33 bits per heavy atom. The number of nitrogens with zero attached hydrogens (tertiary/aromatic N) is 1. The van der Waals surface area contributed by atoms with Gasteiger partial charge in [-0.25, -0.2) is 0 Å². The summed E-state index contributed by atoms with van der Waals surface area (Å²) in [7, 11) is 1.70. The van der Waals surface area contributed by atoms with Crippen LogP contribution in [0.4, 0.5) is 0 Å². The van der Waals surface area contributed by atoms with Crippen LogP contribution in [0.25, 0.3) is 0 Å². The number of amides is 2. The first kappa shape index (κ1) is 18.3. The summed E-state index contributed by atoms with van der Waals surface area (Å²) in [5.41, 5.74) is 5.66.